The molecule has 4 nitrogen and oxygen atoms in total. The highest BCUT2D eigenvalue weighted by molar-refractivity contribution is 5.76. The van der Waals surface area contributed by atoms with Crippen LogP contribution in [0.4, 0.5) is 0 Å². The van der Waals surface area contributed by atoms with Gasteiger partial charge in [-0.25, -0.2) is 0 Å². The van der Waals surface area contributed by atoms with Gasteiger partial charge in [-0.05, 0) is 46.5 Å². The highest BCUT2D eigenvalue weighted by Gasteiger charge is 2.45. The largest absolute Gasteiger partial charge is 0.465 e. The van der Waals surface area contributed by atoms with Crippen molar-refractivity contribution in [3.05, 3.63) is 11.6 Å². The molecule has 0 saturated carbocycles. The van der Waals surface area contributed by atoms with E-state index in [2.05, 4.69) is 38.7 Å². The summed E-state index contributed by atoms with van der Waals surface area (Å²) >= 11 is 0. The standard InChI is InChI=1S/C17H29NO3/c1-6-20-17(19)15-10-21-16(18(15)11(2)3)14-8-7-12(4)9-13(14)5/h9,11,13-16H,6-8,10H2,1-5H3/t13?,14?,15-,16?/m0/s1. The average molecular weight is 295 g/mol. The van der Waals surface area contributed by atoms with E-state index in [1.54, 1.807) is 0 Å². The van der Waals surface area contributed by atoms with Crippen molar-refractivity contribution in [3.63, 3.8) is 0 Å². The molecule has 0 bridgehead atoms. The Morgan fingerprint density at radius 3 is 2.81 bits per heavy atom. The molecule has 0 spiro atoms. The molecule has 1 fully saturated rings. The SMILES string of the molecule is CCOC(=O)[C@@H]1COC(C2CCC(C)=CC2C)N1C(C)C. The minimum atomic E-state index is -0.255. The Balaban J connectivity index is 2.15. The molecule has 0 aromatic heterocycles. The number of ether oxygens (including phenoxy) is 2. The van der Waals surface area contributed by atoms with Gasteiger partial charge >= 0.3 is 5.97 Å². The van der Waals surface area contributed by atoms with E-state index in [9.17, 15) is 4.79 Å². The van der Waals surface area contributed by atoms with Gasteiger partial charge in [-0.1, -0.05) is 18.6 Å². The first-order valence-corrected chi connectivity index (χ1v) is 8.18. The van der Waals surface area contributed by atoms with Gasteiger partial charge in [0.25, 0.3) is 0 Å². The summed E-state index contributed by atoms with van der Waals surface area (Å²) in [7, 11) is 0. The highest BCUT2D eigenvalue weighted by atomic mass is 16.6. The zero-order valence-electron chi connectivity index (χ0n) is 14.0. The van der Waals surface area contributed by atoms with Crippen LogP contribution in [-0.2, 0) is 14.3 Å². The van der Waals surface area contributed by atoms with Crippen molar-refractivity contribution >= 4 is 5.97 Å². The van der Waals surface area contributed by atoms with Crippen LogP contribution in [0.25, 0.3) is 0 Å². The molecule has 21 heavy (non-hydrogen) atoms. The molecular formula is C17H29NO3. The highest BCUT2D eigenvalue weighted by Crippen LogP contribution is 2.37. The quantitative estimate of drug-likeness (QED) is 0.590. The molecule has 0 radical (unpaired) electrons. The Hall–Kier alpha value is -0.870. The van der Waals surface area contributed by atoms with E-state index in [0.717, 1.165) is 12.8 Å². The summed E-state index contributed by atoms with van der Waals surface area (Å²) < 4.78 is 11.3. The number of esters is 1. The smallest absolute Gasteiger partial charge is 0.325 e. The van der Waals surface area contributed by atoms with E-state index >= 15 is 0 Å². The molecule has 1 saturated heterocycles. The van der Waals surface area contributed by atoms with E-state index in [1.807, 2.05) is 6.92 Å². The minimum Gasteiger partial charge on any atom is -0.465 e. The molecule has 2 rings (SSSR count). The maximum atomic E-state index is 12.2. The van der Waals surface area contributed by atoms with Gasteiger partial charge < -0.3 is 9.47 Å². The van der Waals surface area contributed by atoms with Crippen LogP contribution in [0.5, 0.6) is 0 Å². The zero-order valence-corrected chi connectivity index (χ0v) is 14.0. The van der Waals surface area contributed by atoms with Crippen LogP contribution in [0.2, 0.25) is 0 Å². The number of rotatable bonds is 4. The third kappa shape index (κ3) is 3.49. The van der Waals surface area contributed by atoms with Gasteiger partial charge in [0.15, 0.2) is 0 Å². The molecule has 3 unspecified atom stereocenters. The van der Waals surface area contributed by atoms with E-state index < -0.39 is 0 Å². The van der Waals surface area contributed by atoms with Crippen molar-refractivity contribution in [2.75, 3.05) is 13.2 Å². The van der Waals surface area contributed by atoms with Crippen LogP contribution in [0.3, 0.4) is 0 Å². The predicted octanol–water partition coefficient (Wildman–Crippen LogP) is 2.98. The summed E-state index contributed by atoms with van der Waals surface area (Å²) in [5.74, 6) is 0.797. The van der Waals surface area contributed by atoms with Crippen LogP contribution >= 0.6 is 0 Å². The fraction of sp³-hybridized carbons (Fsp3) is 0.824. The van der Waals surface area contributed by atoms with E-state index in [1.165, 1.54) is 5.57 Å². The van der Waals surface area contributed by atoms with Crippen molar-refractivity contribution in [1.29, 1.82) is 0 Å². The number of allylic oxidation sites excluding steroid dienone is 2. The second kappa shape index (κ2) is 6.93. The van der Waals surface area contributed by atoms with Crippen molar-refractivity contribution < 1.29 is 14.3 Å². The lowest BCUT2D eigenvalue weighted by molar-refractivity contribution is -0.149. The average Bonchev–Trinajstić information content (AvgIpc) is 2.83. The van der Waals surface area contributed by atoms with Crippen molar-refractivity contribution in [3.8, 4) is 0 Å². The molecule has 1 aliphatic heterocycles. The molecule has 4 atom stereocenters. The third-order valence-electron chi connectivity index (χ3n) is 4.69. The second-order valence-electron chi connectivity index (χ2n) is 6.61. The third-order valence-corrected chi connectivity index (χ3v) is 4.69. The van der Waals surface area contributed by atoms with Crippen LogP contribution in [-0.4, -0.2) is 42.4 Å². The zero-order chi connectivity index (χ0) is 15.6. The number of hydrogen-bond donors (Lipinski definition) is 0. The van der Waals surface area contributed by atoms with Gasteiger partial charge in [0.2, 0.25) is 0 Å². The normalized spacial score (nSPS) is 34.1. The number of carbonyl (C=O) groups excluding carboxylic acids is 1. The predicted molar refractivity (Wildman–Crippen MR) is 82.8 cm³/mol. The molecule has 1 aliphatic carbocycles. The van der Waals surface area contributed by atoms with Crippen molar-refractivity contribution in [2.45, 2.75) is 65.8 Å². The van der Waals surface area contributed by atoms with E-state index in [-0.39, 0.29) is 24.3 Å². The minimum absolute atomic E-state index is 0.0266. The van der Waals surface area contributed by atoms with Crippen molar-refractivity contribution in [1.82, 2.24) is 4.90 Å². The number of carbonyl (C=O) groups is 1. The molecule has 4 heteroatoms. The Morgan fingerprint density at radius 2 is 2.24 bits per heavy atom. The van der Waals surface area contributed by atoms with Gasteiger partial charge in [-0.15, -0.1) is 0 Å². The summed E-state index contributed by atoms with van der Waals surface area (Å²) in [5, 5.41) is 0. The first kappa shape index (κ1) is 16.5. The lowest BCUT2D eigenvalue weighted by atomic mass is 9.80. The summed E-state index contributed by atoms with van der Waals surface area (Å²) in [5.41, 5.74) is 1.47. The fourth-order valence-corrected chi connectivity index (χ4v) is 3.68. The molecule has 1 heterocycles. The molecule has 120 valence electrons. The molecule has 0 N–H and O–H groups in total. The molecular weight excluding hydrogens is 266 g/mol. The lowest BCUT2D eigenvalue weighted by Gasteiger charge is -2.38. The summed E-state index contributed by atoms with van der Waals surface area (Å²) in [6.07, 6.45) is 4.64. The summed E-state index contributed by atoms with van der Waals surface area (Å²) in [6.45, 7) is 11.4. The maximum absolute atomic E-state index is 12.2. The monoisotopic (exact) mass is 295 g/mol. The van der Waals surface area contributed by atoms with Crippen LogP contribution in [0, 0.1) is 11.8 Å². The van der Waals surface area contributed by atoms with E-state index in [4.69, 9.17) is 9.47 Å². The number of hydrogen-bond acceptors (Lipinski definition) is 4. The summed E-state index contributed by atoms with van der Waals surface area (Å²) in [4.78, 5) is 14.4. The van der Waals surface area contributed by atoms with Crippen molar-refractivity contribution in [2.24, 2.45) is 11.8 Å². The van der Waals surface area contributed by atoms with E-state index in [0.29, 0.717) is 25.0 Å². The molecule has 0 aromatic carbocycles. The fourth-order valence-electron chi connectivity index (χ4n) is 3.68. The Kier molecular flexibility index (Phi) is 5.44. The van der Waals surface area contributed by atoms with Crippen LogP contribution in [0.15, 0.2) is 11.6 Å². The maximum Gasteiger partial charge on any atom is 0.325 e. The molecule has 0 amide bonds. The Morgan fingerprint density at radius 1 is 1.52 bits per heavy atom. The van der Waals surface area contributed by atoms with Crippen LogP contribution < -0.4 is 0 Å². The van der Waals surface area contributed by atoms with Gasteiger partial charge in [-0.2, -0.15) is 0 Å². The Labute approximate surface area is 128 Å². The number of nitrogens with zero attached hydrogens (tertiary/aromatic N) is 1. The molecule has 2 aliphatic rings. The first-order valence-electron chi connectivity index (χ1n) is 8.18. The Bertz CT molecular complexity index is 405. The van der Waals surface area contributed by atoms with Gasteiger partial charge in [0, 0.05) is 12.0 Å². The lowest BCUT2D eigenvalue weighted by Crippen LogP contribution is -2.50. The summed E-state index contributed by atoms with van der Waals surface area (Å²) in [6, 6.07) is 0.0141. The molecule has 0 aromatic rings. The van der Waals surface area contributed by atoms with Gasteiger partial charge in [0.1, 0.15) is 12.3 Å². The van der Waals surface area contributed by atoms with Gasteiger partial charge in [0.05, 0.1) is 13.2 Å². The topological polar surface area (TPSA) is 38.8 Å². The van der Waals surface area contributed by atoms with Gasteiger partial charge in [-0.3, -0.25) is 9.69 Å². The van der Waals surface area contributed by atoms with Crippen LogP contribution in [0.1, 0.15) is 47.5 Å². The first-order chi connectivity index (χ1) is 9.95. The second-order valence-corrected chi connectivity index (χ2v) is 6.61.